The second-order valence-corrected chi connectivity index (χ2v) is 20.1. The molecule has 0 saturated heterocycles. The van der Waals surface area contributed by atoms with E-state index in [9.17, 15) is 30.2 Å². The Kier molecular flexibility index (Phi) is 25.0. The molecule has 2 aliphatic carbocycles. The molecule has 0 aromatic heterocycles. The minimum Gasteiger partial charge on any atom is -0.459 e. The highest BCUT2D eigenvalue weighted by atomic mass is 16.7. The van der Waals surface area contributed by atoms with Crippen LogP contribution in [0.5, 0.6) is 11.5 Å². The molecule has 76 heavy (non-hydrogen) atoms. The lowest BCUT2D eigenvalue weighted by Crippen LogP contribution is -2.70. The van der Waals surface area contributed by atoms with Crippen LogP contribution in [0, 0.1) is 27.9 Å². The number of aliphatic hydroxyl groups is 3. The molecule has 4 N–H and O–H groups in total. The predicted molar refractivity (Wildman–Crippen MR) is 294 cm³/mol. The number of ether oxygens (including phenoxy) is 4. The van der Waals surface area contributed by atoms with Gasteiger partial charge in [0.2, 0.25) is 11.7 Å². The average molecular weight is 1050 g/mol. The number of carbonyl (C=O) groups excluding carboxylic acids is 2. The molecular formula is C60H82N4O12. The monoisotopic (exact) mass is 1050 g/mol. The molecule has 6 rings (SSSR count). The maximum absolute atomic E-state index is 15.0. The summed E-state index contributed by atoms with van der Waals surface area (Å²) >= 11 is 0. The van der Waals surface area contributed by atoms with Crippen molar-refractivity contribution in [2.75, 3.05) is 52.7 Å². The zero-order valence-electron chi connectivity index (χ0n) is 44.6. The van der Waals surface area contributed by atoms with Crippen LogP contribution in [0.15, 0.2) is 108 Å². The fourth-order valence-electron chi connectivity index (χ4n) is 11.1. The summed E-state index contributed by atoms with van der Waals surface area (Å²) < 4.78 is 26.3. The van der Waals surface area contributed by atoms with Crippen molar-refractivity contribution in [2.45, 2.75) is 140 Å². The van der Waals surface area contributed by atoms with Crippen LogP contribution in [-0.2, 0) is 25.7 Å². The molecular weight excluding hydrogens is 969 g/mol. The average Bonchev–Trinajstić information content (AvgIpc) is 3.57. The Bertz CT molecular complexity index is 2360. The zero-order chi connectivity index (χ0) is 54.0. The maximum Gasteiger partial charge on any atom is 0.412 e. The summed E-state index contributed by atoms with van der Waals surface area (Å²) in [5.41, 5.74) is 3.62. The second kappa shape index (κ2) is 32.0. The number of amides is 2. The first kappa shape index (κ1) is 59.3. The number of nitro benzene ring substituents is 1. The number of allylic oxidation sites excluding steroid dienone is 1. The van der Waals surface area contributed by atoms with Gasteiger partial charge in [-0.15, -0.1) is 6.58 Å². The predicted octanol–water partition coefficient (Wildman–Crippen LogP) is 11.0. The summed E-state index contributed by atoms with van der Waals surface area (Å²) in [4.78, 5) is 47.3. The Morgan fingerprint density at radius 3 is 2.28 bits per heavy atom. The van der Waals surface area contributed by atoms with E-state index in [0.29, 0.717) is 55.0 Å². The Labute approximate surface area is 449 Å². The summed E-state index contributed by atoms with van der Waals surface area (Å²) in [5.74, 6) is -2.34. The summed E-state index contributed by atoms with van der Waals surface area (Å²) in [5, 5.41) is 49.1. The van der Waals surface area contributed by atoms with Gasteiger partial charge in [-0.25, -0.2) is 4.79 Å². The van der Waals surface area contributed by atoms with Gasteiger partial charge < -0.3 is 49.3 Å². The molecule has 1 saturated carbocycles. The van der Waals surface area contributed by atoms with Gasteiger partial charge in [-0.3, -0.25) is 14.9 Å². The van der Waals surface area contributed by atoms with Gasteiger partial charge >= 0.3 is 6.09 Å². The van der Waals surface area contributed by atoms with Crippen LogP contribution in [-0.4, -0.2) is 107 Å². The van der Waals surface area contributed by atoms with E-state index in [0.717, 1.165) is 48.8 Å². The number of rotatable bonds is 35. The molecule has 16 nitrogen and oxygen atoms in total. The number of fused-ring (bicyclic) bond motifs is 2. The topological polar surface area (TPSA) is 212 Å². The summed E-state index contributed by atoms with van der Waals surface area (Å²) in [6, 6.07) is 20.1. The van der Waals surface area contributed by atoms with E-state index in [-0.39, 0.29) is 82.7 Å². The van der Waals surface area contributed by atoms with Crippen molar-refractivity contribution in [2.24, 2.45) is 22.9 Å². The second-order valence-electron chi connectivity index (χ2n) is 20.1. The molecule has 6 atom stereocenters. The first-order valence-corrected chi connectivity index (χ1v) is 27.8. The van der Waals surface area contributed by atoms with Crippen molar-refractivity contribution in [1.82, 2.24) is 10.2 Å². The quantitative estimate of drug-likeness (QED) is 0.0142. The molecule has 0 spiro atoms. The van der Waals surface area contributed by atoms with Crippen LogP contribution in [0.1, 0.15) is 139 Å². The van der Waals surface area contributed by atoms with Gasteiger partial charge in [0.1, 0.15) is 24.1 Å². The molecule has 1 heterocycles. The van der Waals surface area contributed by atoms with E-state index in [4.69, 9.17) is 28.9 Å². The number of hydrogen-bond donors (Lipinski definition) is 4. The van der Waals surface area contributed by atoms with E-state index >= 15 is 4.79 Å². The minimum absolute atomic E-state index is 0.0236. The Balaban J connectivity index is 1.43. The lowest BCUT2D eigenvalue weighted by Gasteiger charge is -2.60. The third-order valence-corrected chi connectivity index (χ3v) is 14.8. The minimum atomic E-state index is -1.59. The Hall–Kier alpha value is -5.91. The van der Waals surface area contributed by atoms with Crippen LogP contribution in [0.25, 0.3) is 6.08 Å². The molecule has 1 fully saturated rings. The number of nitrogens with one attached hydrogen (secondary N) is 1. The van der Waals surface area contributed by atoms with E-state index in [1.807, 2.05) is 36.4 Å². The van der Waals surface area contributed by atoms with Crippen LogP contribution in [0.3, 0.4) is 0 Å². The van der Waals surface area contributed by atoms with E-state index < -0.39 is 34.7 Å². The zero-order valence-corrected chi connectivity index (χ0v) is 44.6. The smallest absolute Gasteiger partial charge is 0.412 e. The fraction of sp³-hybridized carbons (Fsp3) is 0.550. The first-order valence-electron chi connectivity index (χ1n) is 27.8. The summed E-state index contributed by atoms with van der Waals surface area (Å²) in [6.07, 6.45) is 22.4. The van der Waals surface area contributed by atoms with Gasteiger partial charge in [-0.2, -0.15) is 0 Å². The standard InChI is InChI=1S/C60H82N4O12/c1-3-5-6-7-8-9-10-11-12-18-33-61-59(69)75-49-30-31-54-52(42-49)57-50(24-17-20-36-66)47(23-16-19-35-65)41-51-53(62-74-44-46-21-14-13-15-22-46)43-55(60(76-54,58(51)57)73-38-4-2)63(34-39-72-40-37-67)56(68)32-27-45-25-28-48(29-26-45)64(70)71/h4,13-15,21-22,25-32,41-42,47,50,55,57-58,65-67H,2-3,5-12,16-20,23-24,33-40,43-44H2,1H3,(H,61,69)/t47-,50+,55-,57+,58+,60+/m0/s1. The van der Waals surface area contributed by atoms with E-state index in [1.165, 1.54) is 63.2 Å². The fourth-order valence-corrected chi connectivity index (χ4v) is 11.1. The molecule has 0 bridgehead atoms. The first-order chi connectivity index (χ1) is 37.2. The number of unbranched alkanes of at least 4 members (excludes halogenated alkanes) is 11. The Morgan fingerprint density at radius 1 is 0.882 bits per heavy atom. The SMILES string of the molecule is C=CCO[C@@]12Oc3ccc(OC(=O)NCCCCCCCCCCCC)cc3[C@H]3[C@H](CCCCO)[C@@H](CCCCO)C=C(C(=NOCc4ccccc4)C[C@@H]1N(CCOCCO)C(=O)C=Cc1ccc([N+](=O)[O-])cc1)[C@H]32. The number of aliphatic hydroxyl groups excluding tert-OH is 3. The maximum atomic E-state index is 15.0. The number of carbonyl (C=O) groups is 2. The van der Waals surface area contributed by atoms with Crippen LogP contribution >= 0.6 is 0 Å². The lowest BCUT2D eigenvalue weighted by atomic mass is 9.55. The number of benzene rings is 3. The molecule has 0 radical (unpaired) electrons. The van der Waals surface area contributed by atoms with E-state index in [2.05, 4.69) is 24.9 Å². The Morgan fingerprint density at radius 2 is 1.59 bits per heavy atom. The summed E-state index contributed by atoms with van der Waals surface area (Å²) in [6.45, 7) is 6.96. The van der Waals surface area contributed by atoms with Crippen molar-refractivity contribution < 1.29 is 53.6 Å². The normalized spacial score (nSPS) is 21.0. The van der Waals surface area contributed by atoms with Crippen molar-refractivity contribution in [3.05, 3.63) is 130 Å². The number of hydrogen-bond acceptors (Lipinski definition) is 13. The molecule has 0 unspecified atom stereocenters. The molecule has 3 aromatic rings. The van der Waals surface area contributed by atoms with Crippen molar-refractivity contribution >= 4 is 29.5 Å². The van der Waals surface area contributed by atoms with Crippen LogP contribution in [0.2, 0.25) is 0 Å². The van der Waals surface area contributed by atoms with Crippen LogP contribution in [0.4, 0.5) is 10.5 Å². The van der Waals surface area contributed by atoms with Gasteiger partial charge in [-0.05, 0) is 97.0 Å². The molecule has 3 aliphatic rings. The van der Waals surface area contributed by atoms with Crippen molar-refractivity contribution in [3.8, 4) is 11.5 Å². The highest BCUT2D eigenvalue weighted by molar-refractivity contribution is 6.03. The summed E-state index contributed by atoms with van der Waals surface area (Å²) in [7, 11) is 0. The van der Waals surface area contributed by atoms with Gasteiger partial charge in [-0.1, -0.05) is 125 Å². The largest absolute Gasteiger partial charge is 0.459 e. The molecule has 2 amide bonds. The molecule has 16 heteroatoms. The number of non-ortho nitro benzene ring substituents is 1. The van der Waals surface area contributed by atoms with Gasteiger partial charge in [0.15, 0.2) is 0 Å². The number of oxime groups is 1. The van der Waals surface area contributed by atoms with Gasteiger partial charge in [0.25, 0.3) is 5.69 Å². The highest BCUT2D eigenvalue weighted by Gasteiger charge is 2.65. The van der Waals surface area contributed by atoms with Crippen molar-refractivity contribution in [3.63, 3.8) is 0 Å². The molecule has 1 aliphatic heterocycles. The third-order valence-electron chi connectivity index (χ3n) is 14.8. The van der Waals surface area contributed by atoms with Crippen LogP contribution < -0.4 is 14.8 Å². The molecule has 414 valence electrons. The number of nitrogens with zero attached hydrogens (tertiary/aromatic N) is 3. The lowest BCUT2D eigenvalue weighted by molar-refractivity contribution is -0.384. The van der Waals surface area contributed by atoms with Gasteiger partial charge in [0, 0.05) is 62.4 Å². The van der Waals surface area contributed by atoms with Crippen molar-refractivity contribution in [1.29, 1.82) is 0 Å². The number of nitro groups is 1. The highest BCUT2D eigenvalue weighted by Crippen LogP contribution is 2.62. The van der Waals surface area contributed by atoms with Gasteiger partial charge in [0.05, 0.1) is 43.0 Å². The van der Waals surface area contributed by atoms with E-state index in [1.54, 1.807) is 41.3 Å². The molecule has 3 aromatic carbocycles. The third kappa shape index (κ3) is 16.8.